The van der Waals surface area contributed by atoms with Crippen LogP contribution in [0.2, 0.25) is 0 Å². The normalized spacial score (nSPS) is 14.3. The highest BCUT2D eigenvalue weighted by atomic mass is 32.2. The van der Waals surface area contributed by atoms with E-state index >= 15 is 0 Å². The number of nitrogens with one attached hydrogen (secondary N) is 1. The number of carbonyl (C=O) groups is 1. The summed E-state index contributed by atoms with van der Waals surface area (Å²) in [5.74, 6) is -0.323. The van der Waals surface area contributed by atoms with Crippen molar-refractivity contribution in [2.24, 2.45) is 0 Å². The molecule has 1 aromatic heterocycles. The van der Waals surface area contributed by atoms with Crippen molar-refractivity contribution in [1.82, 2.24) is 19.1 Å². The minimum Gasteiger partial charge on any atom is -0.378 e. The van der Waals surface area contributed by atoms with Crippen LogP contribution in [0.5, 0.6) is 0 Å². The van der Waals surface area contributed by atoms with Crippen LogP contribution in [0.4, 0.5) is 11.6 Å². The topological polar surface area (TPSA) is 110 Å². The molecule has 1 aliphatic heterocycles. The lowest BCUT2D eigenvalue weighted by Gasteiger charge is -2.30. The van der Waals surface area contributed by atoms with Crippen LogP contribution < -0.4 is 10.2 Å². The molecule has 3 aromatic rings. The smallest absolute Gasteiger partial charge is 0.260 e. The van der Waals surface area contributed by atoms with E-state index in [0.717, 1.165) is 5.56 Å². The minimum atomic E-state index is -3.73. The first-order valence-electron chi connectivity index (χ1n) is 11.6. The van der Waals surface area contributed by atoms with Crippen LogP contribution in [0.25, 0.3) is 0 Å². The monoisotopic (exact) mass is 498 g/mol. The molecule has 0 atom stereocenters. The molecule has 10 nitrogen and oxygen atoms in total. The summed E-state index contributed by atoms with van der Waals surface area (Å²) in [4.78, 5) is 19.7. The molecule has 0 unspecified atom stereocenters. The van der Waals surface area contributed by atoms with Gasteiger partial charge in [-0.2, -0.15) is 4.31 Å². The zero-order valence-corrected chi connectivity index (χ0v) is 20.7. The largest absolute Gasteiger partial charge is 0.378 e. The van der Waals surface area contributed by atoms with Crippen molar-refractivity contribution in [3.8, 4) is 0 Å². The van der Waals surface area contributed by atoms with Crippen molar-refractivity contribution in [2.45, 2.75) is 25.3 Å². The third kappa shape index (κ3) is 5.69. The number of nitrogens with zero attached hydrogens (tertiary/aromatic N) is 5. The number of carbonyl (C=O) groups excluding carboxylic acids is 1. The van der Waals surface area contributed by atoms with E-state index in [1.54, 1.807) is 37.0 Å². The Kier molecular flexibility index (Phi) is 7.79. The van der Waals surface area contributed by atoms with Crippen LogP contribution >= 0.6 is 0 Å². The summed E-state index contributed by atoms with van der Waals surface area (Å²) in [6, 6.07) is 14.5. The van der Waals surface area contributed by atoms with E-state index in [1.807, 2.05) is 35.2 Å². The standard InChI is InChI=1S/C24H30N6O4S/c1-3-30(4-2)35(32,33)20-10-11-22(28-12-14-34-15-13-28)21(16-20)23(31)26-24-25-18-29(27-24)17-19-8-6-5-7-9-19/h5-11,16,18H,3-4,12-15,17H2,1-2H3,(H,26,27,31). The Morgan fingerprint density at radius 3 is 2.49 bits per heavy atom. The Hall–Kier alpha value is -3.28. The molecule has 11 heteroatoms. The van der Waals surface area contributed by atoms with Gasteiger partial charge in [-0.15, -0.1) is 5.10 Å². The minimum absolute atomic E-state index is 0.0749. The Morgan fingerprint density at radius 1 is 1.09 bits per heavy atom. The molecule has 1 amide bonds. The van der Waals surface area contributed by atoms with Crippen LogP contribution in [-0.4, -0.2) is 72.8 Å². The van der Waals surface area contributed by atoms with E-state index in [0.29, 0.717) is 51.6 Å². The Morgan fingerprint density at radius 2 is 1.80 bits per heavy atom. The van der Waals surface area contributed by atoms with Gasteiger partial charge in [0, 0.05) is 31.9 Å². The highest BCUT2D eigenvalue weighted by Gasteiger charge is 2.26. The van der Waals surface area contributed by atoms with Gasteiger partial charge in [0.1, 0.15) is 6.33 Å². The zero-order chi connectivity index (χ0) is 24.8. The SMILES string of the molecule is CCN(CC)S(=O)(=O)c1ccc(N2CCOCC2)c(C(=O)Nc2ncn(Cc3ccccc3)n2)c1. The molecule has 2 aromatic carbocycles. The lowest BCUT2D eigenvalue weighted by Crippen LogP contribution is -2.37. The van der Waals surface area contributed by atoms with Crippen molar-refractivity contribution < 1.29 is 17.9 Å². The maximum Gasteiger partial charge on any atom is 0.260 e. The quantitative estimate of drug-likeness (QED) is 0.483. The summed E-state index contributed by atoms with van der Waals surface area (Å²) in [5.41, 5.74) is 1.95. The molecule has 0 aliphatic carbocycles. The number of rotatable bonds is 9. The number of ether oxygens (including phenoxy) is 1. The van der Waals surface area contributed by atoms with Gasteiger partial charge in [0.2, 0.25) is 16.0 Å². The molecule has 2 heterocycles. The molecule has 0 saturated carbocycles. The number of morpholine rings is 1. The summed E-state index contributed by atoms with van der Waals surface area (Å²) < 4.78 is 34.7. The number of anilines is 2. The second-order valence-electron chi connectivity index (χ2n) is 8.07. The van der Waals surface area contributed by atoms with Crippen molar-refractivity contribution in [3.05, 3.63) is 66.0 Å². The number of aromatic nitrogens is 3. The third-order valence-electron chi connectivity index (χ3n) is 5.86. The van der Waals surface area contributed by atoms with Crippen molar-refractivity contribution in [3.63, 3.8) is 0 Å². The number of sulfonamides is 1. The van der Waals surface area contributed by atoms with Gasteiger partial charge in [-0.1, -0.05) is 44.2 Å². The van der Waals surface area contributed by atoms with E-state index in [4.69, 9.17) is 4.74 Å². The Balaban J connectivity index is 1.62. The zero-order valence-electron chi connectivity index (χ0n) is 19.9. The van der Waals surface area contributed by atoms with Gasteiger partial charge in [0.15, 0.2) is 0 Å². The summed E-state index contributed by atoms with van der Waals surface area (Å²) in [5, 5.41) is 7.08. The average Bonchev–Trinajstić information content (AvgIpc) is 3.31. The maximum absolute atomic E-state index is 13.4. The molecule has 1 N–H and O–H groups in total. The van der Waals surface area contributed by atoms with Gasteiger partial charge in [0.25, 0.3) is 5.91 Å². The van der Waals surface area contributed by atoms with Gasteiger partial charge in [0.05, 0.1) is 30.2 Å². The summed E-state index contributed by atoms with van der Waals surface area (Å²) in [6.45, 7) is 7.04. The third-order valence-corrected chi connectivity index (χ3v) is 7.90. The van der Waals surface area contributed by atoms with Gasteiger partial charge in [-0.05, 0) is 23.8 Å². The molecule has 4 rings (SSSR count). The number of benzene rings is 2. The fourth-order valence-electron chi connectivity index (χ4n) is 4.02. The highest BCUT2D eigenvalue weighted by molar-refractivity contribution is 7.89. The summed E-state index contributed by atoms with van der Waals surface area (Å²) in [6.07, 6.45) is 1.55. The first kappa shape index (κ1) is 24.8. The molecule has 186 valence electrons. The molecule has 0 spiro atoms. The second-order valence-corrected chi connectivity index (χ2v) is 10.0. The van der Waals surface area contributed by atoms with E-state index in [1.165, 1.54) is 10.4 Å². The fraction of sp³-hybridized carbons (Fsp3) is 0.375. The molecule has 1 aliphatic rings. The van der Waals surface area contributed by atoms with Crippen molar-refractivity contribution >= 4 is 27.6 Å². The first-order chi connectivity index (χ1) is 16.9. The molecular formula is C24H30N6O4S. The molecule has 1 saturated heterocycles. The van der Waals surface area contributed by atoms with E-state index in [2.05, 4.69) is 15.4 Å². The Bertz CT molecular complexity index is 1250. The van der Waals surface area contributed by atoms with Crippen LogP contribution in [0.1, 0.15) is 29.8 Å². The van der Waals surface area contributed by atoms with E-state index in [-0.39, 0.29) is 16.4 Å². The average molecular weight is 499 g/mol. The molecule has 0 radical (unpaired) electrons. The van der Waals surface area contributed by atoms with E-state index < -0.39 is 15.9 Å². The predicted octanol–water partition coefficient (Wildman–Crippen LogP) is 2.45. The van der Waals surface area contributed by atoms with Gasteiger partial charge in [-0.3, -0.25) is 10.1 Å². The van der Waals surface area contributed by atoms with Gasteiger partial charge in [-0.25, -0.2) is 18.1 Å². The predicted molar refractivity (Wildman–Crippen MR) is 133 cm³/mol. The number of hydrogen-bond donors (Lipinski definition) is 1. The van der Waals surface area contributed by atoms with Crippen LogP contribution in [0.15, 0.2) is 59.8 Å². The van der Waals surface area contributed by atoms with Crippen LogP contribution in [0.3, 0.4) is 0 Å². The summed E-state index contributed by atoms with van der Waals surface area (Å²) in [7, 11) is -3.73. The highest BCUT2D eigenvalue weighted by Crippen LogP contribution is 2.27. The molecular weight excluding hydrogens is 468 g/mol. The van der Waals surface area contributed by atoms with E-state index in [9.17, 15) is 13.2 Å². The fourth-order valence-corrected chi connectivity index (χ4v) is 5.50. The summed E-state index contributed by atoms with van der Waals surface area (Å²) >= 11 is 0. The lowest BCUT2D eigenvalue weighted by atomic mass is 10.1. The maximum atomic E-state index is 13.4. The van der Waals surface area contributed by atoms with Crippen molar-refractivity contribution in [2.75, 3.05) is 49.6 Å². The number of hydrogen-bond acceptors (Lipinski definition) is 7. The number of amides is 1. The van der Waals surface area contributed by atoms with Crippen molar-refractivity contribution in [1.29, 1.82) is 0 Å². The van der Waals surface area contributed by atoms with Gasteiger partial charge >= 0.3 is 0 Å². The second kappa shape index (κ2) is 11.0. The molecule has 35 heavy (non-hydrogen) atoms. The first-order valence-corrected chi connectivity index (χ1v) is 13.1. The van der Waals surface area contributed by atoms with Gasteiger partial charge < -0.3 is 9.64 Å². The Labute approximate surface area is 205 Å². The molecule has 1 fully saturated rings. The molecule has 0 bridgehead atoms. The lowest BCUT2D eigenvalue weighted by molar-refractivity contribution is 0.102. The van der Waals surface area contributed by atoms with Crippen LogP contribution in [-0.2, 0) is 21.3 Å². The van der Waals surface area contributed by atoms with Crippen LogP contribution in [0, 0.1) is 0 Å².